The molecule has 0 aliphatic rings. The first-order chi connectivity index (χ1) is 7.51. The number of carboxylic acids is 1. The summed E-state index contributed by atoms with van der Waals surface area (Å²) < 4.78 is 4.63. The molecular weight excluding hydrogens is 214 g/mol. The summed E-state index contributed by atoms with van der Waals surface area (Å²) in [6.07, 6.45) is 2.67. The predicted octanol–water partition coefficient (Wildman–Crippen LogP) is 0.0388. The lowest BCUT2D eigenvalue weighted by atomic mass is 10.4. The Hall–Kier alpha value is -1.85. The number of carboxylic acid groups (broad SMARTS) is 1. The fourth-order valence-electron chi connectivity index (χ4n) is 0.985. The van der Waals surface area contributed by atoms with Crippen molar-refractivity contribution in [3.05, 3.63) is 12.2 Å². The maximum atomic E-state index is 11.4. The van der Waals surface area contributed by atoms with Crippen LogP contribution < -0.4 is 0 Å². The van der Waals surface area contributed by atoms with Crippen molar-refractivity contribution in [2.24, 2.45) is 0 Å². The molecule has 0 aromatic carbocycles. The smallest absolute Gasteiger partial charge is 0.325 e. The monoisotopic (exact) mass is 229 g/mol. The highest BCUT2D eigenvalue weighted by Crippen LogP contribution is 1.94. The van der Waals surface area contributed by atoms with Gasteiger partial charge in [-0.1, -0.05) is 6.08 Å². The van der Waals surface area contributed by atoms with Gasteiger partial charge in [-0.3, -0.25) is 14.4 Å². The van der Waals surface area contributed by atoms with Crippen LogP contribution in [0.4, 0.5) is 0 Å². The summed E-state index contributed by atoms with van der Waals surface area (Å²) in [5.41, 5.74) is 0. The number of ether oxygens (including phenoxy) is 1. The molecule has 0 rings (SSSR count). The van der Waals surface area contributed by atoms with Crippen molar-refractivity contribution in [3.63, 3.8) is 0 Å². The minimum absolute atomic E-state index is 0.192. The third-order valence-corrected chi connectivity index (χ3v) is 1.57. The molecule has 0 fully saturated rings. The minimum atomic E-state index is -1.18. The molecule has 0 saturated heterocycles. The lowest BCUT2D eigenvalue weighted by molar-refractivity contribution is -0.150. The molecule has 0 saturated carbocycles. The van der Waals surface area contributed by atoms with Gasteiger partial charge in [0.1, 0.15) is 13.1 Å². The van der Waals surface area contributed by atoms with Crippen molar-refractivity contribution in [1.82, 2.24) is 4.90 Å². The molecular formula is C10H15NO5. The molecule has 0 aromatic heterocycles. The molecule has 1 N–H and O–H groups in total. The Bertz CT molecular complexity index is 298. The SMILES string of the molecule is CC=CC(=O)N(CC(=O)O)CC(=O)OCC. The highest BCUT2D eigenvalue weighted by Gasteiger charge is 2.18. The Labute approximate surface area is 93.5 Å². The molecule has 0 spiro atoms. The summed E-state index contributed by atoms with van der Waals surface area (Å²) in [6.45, 7) is 2.57. The second-order valence-electron chi connectivity index (χ2n) is 2.89. The summed E-state index contributed by atoms with van der Waals surface area (Å²) in [6, 6.07) is 0. The van der Waals surface area contributed by atoms with Crippen LogP contribution in [-0.2, 0) is 19.1 Å². The van der Waals surface area contributed by atoms with Gasteiger partial charge in [-0.25, -0.2) is 0 Å². The minimum Gasteiger partial charge on any atom is -0.480 e. The molecule has 0 radical (unpaired) electrons. The van der Waals surface area contributed by atoms with E-state index < -0.39 is 24.4 Å². The maximum Gasteiger partial charge on any atom is 0.325 e. The number of allylic oxidation sites excluding steroid dienone is 1. The van der Waals surface area contributed by atoms with E-state index in [1.165, 1.54) is 12.2 Å². The number of carbonyl (C=O) groups is 3. The van der Waals surface area contributed by atoms with E-state index in [2.05, 4.69) is 4.74 Å². The summed E-state index contributed by atoms with van der Waals surface area (Å²) in [5, 5.41) is 8.57. The molecule has 0 heterocycles. The van der Waals surface area contributed by atoms with Crippen molar-refractivity contribution in [3.8, 4) is 0 Å². The zero-order valence-corrected chi connectivity index (χ0v) is 9.30. The summed E-state index contributed by atoms with van der Waals surface area (Å²) in [7, 11) is 0. The van der Waals surface area contributed by atoms with Crippen LogP contribution in [0.1, 0.15) is 13.8 Å². The zero-order chi connectivity index (χ0) is 12.6. The highest BCUT2D eigenvalue weighted by molar-refractivity contribution is 5.92. The van der Waals surface area contributed by atoms with Crippen molar-refractivity contribution >= 4 is 17.8 Å². The zero-order valence-electron chi connectivity index (χ0n) is 9.30. The molecule has 0 aromatic rings. The molecule has 90 valence electrons. The Morgan fingerprint density at radius 1 is 1.31 bits per heavy atom. The summed E-state index contributed by atoms with van der Waals surface area (Å²) in [5.74, 6) is -2.33. The summed E-state index contributed by atoms with van der Waals surface area (Å²) in [4.78, 5) is 33.9. The van der Waals surface area contributed by atoms with Crippen molar-refractivity contribution in [2.45, 2.75) is 13.8 Å². The van der Waals surface area contributed by atoms with Crippen molar-refractivity contribution in [2.75, 3.05) is 19.7 Å². The average molecular weight is 229 g/mol. The van der Waals surface area contributed by atoms with E-state index in [1.807, 2.05) is 0 Å². The van der Waals surface area contributed by atoms with E-state index in [4.69, 9.17) is 5.11 Å². The van der Waals surface area contributed by atoms with Crippen LogP contribution in [-0.4, -0.2) is 47.5 Å². The largest absolute Gasteiger partial charge is 0.480 e. The third kappa shape index (κ3) is 5.79. The average Bonchev–Trinajstić information content (AvgIpc) is 2.16. The second-order valence-corrected chi connectivity index (χ2v) is 2.89. The van der Waals surface area contributed by atoms with Gasteiger partial charge in [0.15, 0.2) is 0 Å². The topological polar surface area (TPSA) is 83.9 Å². The first kappa shape index (κ1) is 14.2. The standard InChI is InChI=1S/C10H15NO5/c1-3-5-8(12)11(6-9(13)14)7-10(15)16-4-2/h3,5H,4,6-7H2,1-2H3,(H,13,14). The van der Waals surface area contributed by atoms with Gasteiger partial charge in [0.05, 0.1) is 6.61 Å². The maximum absolute atomic E-state index is 11.4. The van der Waals surface area contributed by atoms with Gasteiger partial charge in [0, 0.05) is 0 Å². The van der Waals surface area contributed by atoms with Crippen molar-refractivity contribution < 1.29 is 24.2 Å². The number of amides is 1. The number of esters is 1. The molecule has 0 aliphatic carbocycles. The normalized spacial score (nSPS) is 10.1. The number of aliphatic carboxylic acids is 1. The van der Waals surface area contributed by atoms with E-state index in [9.17, 15) is 14.4 Å². The van der Waals surface area contributed by atoms with E-state index in [1.54, 1.807) is 13.8 Å². The van der Waals surface area contributed by atoms with E-state index in [-0.39, 0.29) is 13.2 Å². The molecule has 6 nitrogen and oxygen atoms in total. The Kier molecular flexibility index (Phi) is 6.58. The molecule has 0 bridgehead atoms. The number of hydrogen-bond donors (Lipinski definition) is 1. The second kappa shape index (κ2) is 7.44. The lowest BCUT2D eigenvalue weighted by Crippen LogP contribution is -2.39. The molecule has 6 heteroatoms. The highest BCUT2D eigenvalue weighted by atomic mass is 16.5. The van der Waals surface area contributed by atoms with Gasteiger partial charge in [-0.05, 0) is 19.9 Å². The van der Waals surface area contributed by atoms with Gasteiger partial charge in [0.2, 0.25) is 5.91 Å². The van der Waals surface area contributed by atoms with Crippen LogP contribution in [0, 0.1) is 0 Å². The van der Waals surface area contributed by atoms with Gasteiger partial charge in [0.25, 0.3) is 0 Å². The third-order valence-electron chi connectivity index (χ3n) is 1.57. The van der Waals surface area contributed by atoms with Crippen molar-refractivity contribution in [1.29, 1.82) is 0 Å². The van der Waals surface area contributed by atoms with Gasteiger partial charge in [-0.15, -0.1) is 0 Å². The van der Waals surface area contributed by atoms with Crippen LogP contribution in [0.25, 0.3) is 0 Å². The first-order valence-electron chi connectivity index (χ1n) is 4.80. The first-order valence-corrected chi connectivity index (χ1v) is 4.80. The number of rotatable bonds is 6. The quantitative estimate of drug-likeness (QED) is 0.513. The van der Waals surface area contributed by atoms with E-state index >= 15 is 0 Å². The van der Waals surface area contributed by atoms with Crippen LogP contribution in [0.15, 0.2) is 12.2 Å². The molecule has 1 amide bonds. The van der Waals surface area contributed by atoms with Crippen LogP contribution in [0.5, 0.6) is 0 Å². The number of carbonyl (C=O) groups excluding carboxylic acids is 2. The van der Waals surface area contributed by atoms with Gasteiger partial charge in [-0.2, -0.15) is 0 Å². The molecule has 0 unspecified atom stereocenters. The van der Waals surface area contributed by atoms with Gasteiger partial charge >= 0.3 is 11.9 Å². The van der Waals surface area contributed by atoms with E-state index in [0.717, 1.165) is 4.90 Å². The Morgan fingerprint density at radius 2 is 1.94 bits per heavy atom. The van der Waals surface area contributed by atoms with E-state index in [0.29, 0.717) is 0 Å². The Balaban J connectivity index is 4.48. The van der Waals surface area contributed by atoms with Crippen LogP contribution in [0.2, 0.25) is 0 Å². The van der Waals surface area contributed by atoms with Crippen LogP contribution in [0.3, 0.4) is 0 Å². The fraction of sp³-hybridized carbons (Fsp3) is 0.500. The predicted molar refractivity (Wildman–Crippen MR) is 55.7 cm³/mol. The van der Waals surface area contributed by atoms with Gasteiger partial charge < -0.3 is 14.7 Å². The molecule has 16 heavy (non-hydrogen) atoms. The molecule has 0 atom stereocenters. The number of nitrogens with zero attached hydrogens (tertiary/aromatic N) is 1. The fourth-order valence-corrected chi connectivity index (χ4v) is 0.985. The molecule has 0 aliphatic heterocycles. The lowest BCUT2D eigenvalue weighted by Gasteiger charge is -2.17. The Morgan fingerprint density at radius 3 is 2.38 bits per heavy atom. The summed E-state index contributed by atoms with van der Waals surface area (Å²) >= 11 is 0. The van der Waals surface area contributed by atoms with Crippen LogP contribution >= 0.6 is 0 Å². The number of hydrogen-bond acceptors (Lipinski definition) is 4.